The van der Waals surface area contributed by atoms with Crippen molar-refractivity contribution in [2.45, 2.75) is 0 Å². The van der Waals surface area contributed by atoms with Gasteiger partial charge in [-0.25, -0.2) is 0 Å². The maximum Gasteiger partial charge on any atom is -0.00990 e. The van der Waals surface area contributed by atoms with Crippen molar-refractivity contribution in [1.82, 2.24) is 0 Å². The summed E-state index contributed by atoms with van der Waals surface area (Å²) in [7, 11) is 0. The smallest absolute Gasteiger partial charge is 0.00990 e. The molecule has 0 unspecified atom stereocenters. The monoisotopic (exact) mass is 510 g/mol. The molecule has 0 N–H and O–H groups in total. The molecule has 0 aliphatic rings. The van der Waals surface area contributed by atoms with Gasteiger partial charge in [-0.1, -0.05) is 170 Å². The molecule has 0 bridgehead atoms. The number of fused-ring (bicyclic) bond motifs is 3. The van der Waals surface area contributed by atoms with Crippen LogP contribution >= 0.6 is 0 Å². The lowest BCUT2D eigenvalue weighted by Gasteiger charge is -2.11. The fourth-order valence-electron chi connectivity index (χ4n) is 5.28. The largest absolute Gasteiger partial charge is 0.0911 e. The van der Waals surface area contributed by atoms with Crippen molar-refractivity contribution in [3.63, 3.8) is 0 Å². The van der Waals surface area contributed by atoms with E-state index in [0.717, 1.165) is 16.5 Å². The number of allylic oxidation sites excluding steroid dienone is 4. The molecule has 6 aromatic carbocycles. The summed E-state index contributed by atoms with van der Waals surface area (Å²) in [5.74, 6) is 0. The van der Waals surface area contributed by atoms with Gasteiger partial charge in [-0.15, -0.1) is 0 Å². The Labute approximate surface area is 236 Å². The first-order valence-electron chi connectivity index (χ1n) is 13.6. The Morgan fingerprint density at radius 3 is 1.90 bits per heavy atom. The molecule has 0 fully saturated rings. The van der Waals surface area contributed by atoms with Gasteiger partial charge in [0.1, 0.15) is 0 Å². The Balaban J connectivity index is 1.43. The van der Waals surface area contributed by atoms with Crippen LogP contribution in [-0.4, -0.2) is 0 Å². The highest BCUT2D eigenvalue weighted by molar-refractivity contribution is 6.07. The van der Waals surface area contributed by atoms with Gasteiger partial charge in [0.25, 0.3) is 0 Å². The Hall–Kier alpha value is -5.20. The Morgan fingerprint density at radius 2 is 1.05 bits per heavy atom. The molecule has 0 aliphatic carbocycles. The standard InChI is InChI=1S/C40H30/c1-30(15-6-7-16-31-27-28-32-17-8-9-19-34(32)29-31)35-21-4-2-3-5-23-40(39-25-13-12-24-37(35)39)38-26-14-20-33-18-10-11-22-36(33)38/h2-29H,1H2/b3-2?,4-2?,5-3?,15-6-,16-7+,21-4?,23-5?,35-21?,37-35?,40-23?,40-39?. The van der Waals surface area contributed by atoms with E-state index in [9.17, 15) is 0 Å². The van der Waals surface area contributed by atoms with Crippen molar-refractivity contribution in [2.75, 3.05) is 0 Å². The highest BCUT2D eigenvalue weighted by atomic mass is 14.1. The van der Waals surface area contributed by atoms with Crippen LogP contribution in [0.1, 0.15) is 11.1 Å². The summed E-state index contributed by atoms with van der Waals surface area (Å²) < 4.78 is 0. The lowest BCUT2D eigenvalue weighted by atomic mass is 9.93. The van der Waals surface area contributed by atoms with E-state index in [-0.39, 0.29) is 0 Å². The minimum atomic E-state index is 0.960. The number of rotatable bonds is 5. The van der Waals surface area contributed by atoms with E-state index in [0.29, 0.717) is 0 Å². The summed E-state index contributed by atoms with van der Waals surface area (Å²) in [6.07, 6.45) is 8.39. The first-order chi connectivity index (χ1) is 19.8. The molecule has 0 nitrogen and oxygen atoms in total. The molecule has 40 heavy (non-hydrogen) atoms. The first-order valence-corrected chi connectivity index (χ1v) is 13.6. The maximum absolute atomic E-state index is 4.48. The van der Waals surface area contributed by atoms with Gasteiger partial charge < -0.3 is 0 Å². The van der Waals surface area contributed by atoms with Crippen LogP contribution in [0.25, 0.3) is 55.1 Å². The Kier molecular flexibility index (Phi) is 7.33. The molecule has 0 saturated heterocycles. The van der Waals surface area contributed by atoms with E-state index in [2.05, 4.69) is 176 Å². The average Bonchev–Trinajstić information content (AvgIpc) is 3.01. The molecule has 6 rings (SSSR count). The van der Waals surface area contributed by atoms with Crippen molar-refractivity contribution in [1.29, 1.82) is 0 Å². The number of hydrogen-bond donors (Lipinski definition) is 0. The molecule has 0 radical (unpaired) electrons. The van der Waals surface area contributed by atoms with E-state index in [1.165, 1.54) is 43.6 Å². The minimum Gasteiger partial charge on any atom is -0.0911 e. The van der Waals surface area contributed by atoms with Crippen molar-refractivity contribution >= 4 is 44.0 Å². The van der Waals surface area contributed by atoms with Crippen LogP contribution in [0.5, 0.6) is 0 Å². The van der Waals surface area contributed by atoms with E-state index in [4.69, 9.17) is 0 Å². The predicted octanol–water partition coefficient (Wildman–Crippen LogP) is 11.2. The molecule has 6 aromatic rings. The van der Waals surface area contributed by atoms with Gasteiger partial charge in [0.15, 0.2) is 0 Å². The van der Waals surface area contributed by atoms with E-state index in [1.807, 2.05) is 0 Å². The van der Waals surface area contributed by atoms with E-state index in [1.54, 1.807) is 0 Å². The molecular formula is C40H30. The van der Waals surface area contributed by atoms with Crippen LogP contribution in [0.2, 0.25) is 0 Å². The molecule has 0 atom stereocenters. The molecule has 0 spiro atoms. The summed E-state index contributed by atoms with van der Waals surface area (Å²) in [6.45, 7) is 4.48. The maximum atomic E-state index is 4.48. The molecule has 0 heteroatoms. The topological polar surface area (TPSA) is 0 Å². The molecular weight excluding hydrogens is 480 g/mol. The number of benzene rings is 5. The predicted molar refractivity (Wildman–Crippen MR) is 176 cm³/mol. The normalized spacial score (nSPS) is 11.4. The second-order valence-corrected chi connectivity index (χ2v) is 9.85. The summed E-state index contributed by atoms with van der Waals surface area (Å²) in [5.41, 5.74) is 5.65. The third kappa shape index (κ3) is 5.34. The van der Waals surface area contributed by atoms with Crippen molar-refractivity contribution in [3.8, 4) is 11.1 Å². The van der Waals surface area contributed by atoms with Crippen molar-refractivity contribution in [2.24, 2.45) is 0 Å². The van der Waals surface area contributed by atoms with Crippen LogP contribution < -0.4 is 0 Å². The fraction of sp³-hybridized carbons (Fsp3) is 0. The van der Waals surface area contributed by atoms with Crippen LogP contribution in [0.4, 0.5) is 0 Å². The van der Waals surface area contributed by atoms with E-state index >= 15 is 0 Å². The minimum absolute atomic E-state index is 0.960. The molecule has 0 aromatic heterocycles. The fourth-order valence-corrected chi connectivity index (χ4v) is 5.28. The van der Waals surface area contributed by atoms with Gasteiger partial charge in [0.05, 0.1) is 0 Å². The second-order valence-electron chi connectivity index (χ2n) is 9.85. The zero-order chi connectivity index (χ0) is 27.1. The third-order valence-corrected chi connectivity index (χ3v) is 7.26. The van der Waals surface area contributed by atoms with Gasteiger partial charge in [0.2, 0.25) is 0 Å². The van der Waals surface area contributed by atoms with Gasteiger partial charge in [0, 0.05) is 0 Å². The summed E-state index contributed by atoms with van der Waals surface area (Å²) in [4.78, 5) is 0. The molecule has 0 aliphatic heterocycles. The van der Waals surface area contributed by atoms with Crippen molar-refractivity contribution < 1.29 is 0 Å². The average molecular weight is 511 g/mol. The van der Waals surface area contributed by atoms with Crippen LogP contribution in [0.3, 0.4) is 0 Å². The van der Waals surface area contributed by atoms with Gasteiger partial charge in [-0.2, -0.15) is 0 Å². The summed E-state index contributed by atoms with van der Waals surface area (Å²) in [5, 5.41) is 7.33. The molecule has 190 valence electrons. The van der Waals surface area contributed by atoms with Gasteiger partial charge in [-0.05, 0) is 66.2 Å². The SMILES string of the molecule is C=C(/C=C\C=C\c1ccc2ccccc2c1)c1ccccccc(-c2cccc3ccccc23)c2ccccc12. The molecule has 0 saturated carbocycles. The van der Waals surface area contributed by atoms with Crippen molar-refractivity contribution in [3.05, 3.63) is 182 Å². The summed E-state index contributed by atoms with van der Waals surface area (Å²) in [6, 6.07) is 51.5. The lowest BCUT2D eigenvalue weighted by molar-refractivity contribution is 1.66. The van der Waals surface area contributed by atoms with Crippen LogP contribution in [-0.2, 0) is 0 Å². The third-order valence-electron chi connectivity index (χ3n) is 7.26. The zero-order valence-electron chi connectivity index (χ0n) is 22.4. The van der Waals surface area contributed by atoms with E-state index < -0.39 is 0 Å². The Morgan fingerprint density at radius 1 is 0.450 bits per heavy atom. The highest BCUT2D eigenvalue weighted by Crippen LogP contribution is 2.34. The van der Waals surface area contributed by atoms with Gasteiger partial charge >= 0.3 is 0 Å². The summed E-state index contributed by atoms with van der Waals surface area (Å²) >= 11 is 0. The highest BCUT2D eigenvalue weighted by Gasteiger charge is 2.08. The quantitative estimate of drug-likeness (QED) is 0.202. The van der Waals surface area contributed by atoms with Crippen LogP contribution in [0, 0.1) is 0 Å². The zero-order valence-corrected chi connectivity index (χ0v) is 22.4. The van der Waals surface area contributed by atoms with Gasteiger partial charge in [-0.3, -0.25) is 0 Å². The number of hydrogen-bond acceptors (Lipinski definition) is 0. The lowest BCUT2D eigenvalue weighted by Crippen LogP contribution is -1.85. The first kappa shape index (κ1) is 25.1. The molecule has 0 amide bonds. The molecule has 0 heterocycles. The van der Waals surface area contributed by atoms with Crippen LogP contribution in [0.15, 0.2) is 170 Å². The Bertz CT molecular complexity index is 1960. The second kappa shape index (κ2) is 11.7.